The molecule has 0 aliphatic heterocycles. The monoisotopic (exact) mass is 222 g/mol. The second kappa shape index (κ2) is 3.66. The van der Waals surface area contributed by atoms with Gasteiger partial charge in [-0.25, -0.2) is 4.98 Å². The number of hydrogen-bond acceptors (Lipinski definition) is 4. The van der Waals surface area contributed by atoms with E-state index in [9.17, 15) is 0 Å². The minimum Gasteiger partial charge on any atom is -0.389 e. The van der Waals surface area contributed by atoms with Crippen LogP contribution in [0.5, 0.6) is 0 Å². The van der Waals surface area contributed by atoms with Crippen molar-refractivity contribution in [1.82, 2.24) is 14.8 Å². The van der Waals surface area contributed by atoms with Crippen molar-refractivity contribution in [2.24, 2.45) is 7.05 Å². The van der Waals surface area contributed by atoms with Crippen molar-refractivity contribution in [1.29, 1.82) is 0 Å². The number of anilines is 1. The topological polar surface area (TPSA) is 56.7 Å². The van der Waals surface area contributed by atoms with E-state index >= 15 is 0 Å². The molecular formula is C10H14N4S. The van der Waals surface area contributed by atoms with Crippen LogP contribution in [0.3, 0.4) is 0 Å². The van der Waals surface area contributed by atoms with Crippen molar-refractivity contribution in [3.8, 4) is 11.3 Å². The molecule has 5 heteroatoms. The second-order valence-corrected chi connectivity index (χ2v) is 4.59. The molecule has 0 bridgehead atoms. The van der Waals surface area contributed by atoms with Crippen molar-refractivity contribution in [2.45, 2.75) is 20.3 Å². The molecule has 2 aromatic rings. The van der Waals surface area contributed by atoms with E-state index < -0.39 is 0 Å². The van der Waals surface area contributed by atoms with Gasteiger partial charge in [0.25, 0.3) is 0 Å². The fourth-order valence-electron chi connectivity index (χ4n) is 1.55. The first-order chi connectivity index (χ1) is 7.11. The van der Waals surface area contributed by atoms with Gasteiger partial charge >= 0.3 is 0 Å². The predicted molar refractivity (Wildman–Crippen MR) is 62.8 cm³/mol. The summed E-state index contributed by atoms with van der Waals surface area (Å²) in [6.45, 7) is 4.05. The molecule has 0 amide bonds. The Morgan fingerprint density at radius 1 is 1.53 bits per heavy atom. The van der Waals surface area contributed by atoms with Gasteiger partial charge in [0.15, 0.2) is 0 Å². The lowest BCUT2D eigenvalue weighted by atomic mass is 10.2. The normalized spacial score (nSPS) is 10.9. The van der Waals surface area contributed by atoms with Gasteiger partial charge in [-0.1, -0.05) is 6.92 Å². The van der Waals surface area contributed by atoms with Crippen LogP contribution in [0, 0.1) is 6.92 Å². The van der Waals surface area contributed by atoms with Gasteiger partial charge in [0.05, 0.1) is 10.7 Å². The number of aryl methyl sites for hydroxylation is 3. The Morgan fingerprint density at radius 2 is 2.27 bits per heavy atom. The van der Waals surface area contributed by atoms with Gasteiger partial charge in [-0.05, 0) is 13.3 Å². The number of nitrogen functional groups attached to an aromatic ring is 1. The molecule has 2 aromatic heterocycles. The zero-order valence-corrected chi connectivity index (χ0v) is 9.93. The van der Waals surface area contributed by atoms with E-state index in [1.54, 1.807) is 16.0 Å². The first-order valence-corrected chi connectivity index (χ1v) is 5.69. The summed E-state index contributed by atoms with van der Waals surface area (Å²) in [7, 11) is 1.90. The van der Waals surface area contributed by atoms with Crippen molar-refractivity contribution in [2.75, 3.05) is 5.73 Å². The Morgan fingerprint density at radius 3 is 2.73 bits per heavy atom. The third-order valence-corrected chi connectivity index (χ3v) is 3.30. The lowest BCUT2D eigenvalue weighted by molar-refractivity contribution is 0.756. The Kier molecular flexibility index (Phi) is 2.48. The Hall–Kier alpha value is -1.36. The summed E-state index contributed by atoms with van der Waals surface area (Å²) in [6, 6.07) is 0. The highest BCUT2D eigenvalue weighted by Gasteiger charge is 2.14. The quantitative estimate of drug-likeness (QED) is 0.845. The van der Waals surface area contributed by atoms with Gasteiger partial charge in [0, 0.05) is 18.8 Å². The average Bonchev–Trinajstić information content (AvgIpc) is 2.69. The first kappa shape index (κ1) is 10.2. The van der Waals surface area contributed by atoms with Crippen LogP contribution in [0.25, 0.3) is 11.3 Å². The third kappa shape index (κ3) is 1.74. The molecule has 0 saturated carbocycles. The molecule has 2 rings (SSSR count). The summed E-state index contributed by atoms with van der Waals surface area (Å²) in [5.41, 5.74) is 8.83. The molecule has 0 radical (unpaired) electrons. The lowest BCUT2D eigenvalue weighted by Gasteiger charge is -1.93. The van der Waals surface area contributed by atoms with Crippen LogP contribution >= 0.6 is 11.3 Å². The van der Waals surface area contributed by atoms with E-state index in [0.29, 0.717) is 0 Å². The molecule has 2 N–H and O–H groups in total. The van der Waals surface area contributed by atoms with Crippen molar-refractivity contribution < 1.29 is 0 Å². The zero-order chi connectivity index (χ0) is 11.0. The van der Waals surface area contributed by atoms with Crippen molar-refractivity contribution >= 4 is 16.3 Å². The number of thiazole rings is 1. The van der Waals surface area contributed by atoms with E-state index in [0.717, 1.165) is 33.4 Å². The molecule has 2 heterocycles. The maximum Gasteiger partial charge on any atom is 0.114 e. The van der Waals surface area contributed by atoms with Gasteiger partial charge in [0.2, 0.25) is 0 Å². The van der Waals surface area contributed by atoms with Crippen molar-refractivity contribution in [3.05, 3.63) is 16.9 Å². The van der Waals surface area contributed by atoms with Gasteiger partial charge in [-0.2, -0.15) is 5.10 Å². The molecule has 0 fully saturated rings. The number of nitrogens with zero attached hydrogens (tertiary/aromatic N) is 3. The molecule has 0 saturated heterocycles. The summed E-state index contributed by atoms with van der Waals surface area (Å²) < 4.78 is 1.79. The molecular weight excluding hydrogens is 208 g/mol. The largest absolute Gasteiger partial charge is 0.389 e. The maximum atomic E-state index is 5.95. The predicted octanol–water partition coefficient (Wildman–Crippen LogP) is 2.00. The highest BCUT2D eigenvalue weighted by Crippen LogP contribution is 2.32. The highest BCUT2D eigenvalue weighted by atomic mass is 32.1. The van der Waals surface area contributed by atoms with Gasteiger partial charge < -0.3 is 5.73 Å². The summed E-state index contributed by atoms with van der Waals surface area (Å²) in [5, 5.41) is 6.14. The van der Waals surface area contributed by atoms with Crippen LogP contribution in [-0.2, 0) is 13.5 Å². The minimum absolute atomic E-state index is 0.781. The molecule has 0 spiro atoms. The zero-order valence-electron chi connectivity index (χ0n) is 9.11. The molecule has 0 aliphatic rings. The van der Waals surface area contributed by atoms with Crippen LogP contribution in [0.15, 0.2) is 6.20 Å². The van der Waals surface area contributed by atoms with E-state index in [1.165, 1.54) is 0 Å². The molecule has 15 heavy (non-hydrogen) atoms. The fourth-order valence-corrected chi connectivity index (χ4v) is 2.34. The summed E-state index contributed by atoms with van der Waals surface area (Å²) in [5.74, 6) is 0. The van der Waals surface area contributed by atoms with Gasteiger partial charge in [0.1, 0.15) is 10.7 Å². The molecule has 0 aliphatic carbocycles. The number of nitrogens with two attached hydrogens (primary N) is 1. The summed E-state index contributed by atoms with van der Waals surface area (Å²) in [6.07, 6.45) is 2.88. The van der Waals surface area contributed by atoms with Crippen molar-refractivity contribution in [3.63, 3.8) is 0 Å². The molecule has 4 nitrogen and oxygen atoms in total. The first-order valence-electron chi connectivity index (χ1n) is 4.87. The van der Waals surface area contributed by atoms with E-state index in [2.05, 4.69) is 17.0 Å². The smallest absolute Gasteiger partial charge is 0.114 e. The molecule has 0 atom stereocenters. The fraction of sp³-hybridized carbons (Fsp3) is 0.400. The van der Waals surface area contributed by atoms with Gasteiger partial charge in [-0.3, -0.25) is 4.68 Å². The standard InChI is InChI=1S/C10H14N4S/c1-4-8-12-9(10(11)15-8)7-5-14(3)13-6(7)2/h5H,4,11H2,1-3H3. The minimum atomic E-state index is 0.781. The summed E-state index contributed by atoms with van der Waals surface area (Å²) in [4.78, 5) is 4.51. The molecule has 0 unspecified atom stereocenters. The number of aromatic nitrogens is 3. The molecule has 80 valence electrons. The third-order valence-electron chi connectivity index (χ3n) is 2.27. The maximum absolute atomic E-state index is 5.95. The SMILES string of the molecule is CCc1nc(-c2cn(C)nc2C)c(N)s1. The Bertz CT molecular complexity index is 484. The van der Waals surface area contributed by atoms with E-state index in [1.807, 2.05) is 20.2 Å². The number of hydrogen-bond donors (Lipinski definition) is 1. The number of rotatable bonds is 2. The van der Waals surface area contributed by atoms with Crippen LogP contribution in [0.1, 0.15) is 17.6 Å². The Balaban J connectivity index is 2.53. The second-order valence-electron chi connectivity index (χ2n) is 3.48. The highest BCUT2D eigenvalue weighted by molar-refractivity contribution is 7.16. The van der Waals surface area contributed by atoms with E-state index in [-0.39, 0.29) is 0 Å². The average molecular weight is 222 g/mol. The van der Waals surface area contributed by atoms with Gasteiger partial charge in [-0.15, -0.1) is 11.3 Å². The Labute approximate surface area is 92.8 Å². The van der Waals surface area contributed by atoms with Crippen LogP contribution in [0.2, 0.25) is 0 Å². The lowest BCUT2D eigenvalue weighted by Crippen LogP contribution is -1.86. The van der Waals surface area contributed by atoms with E-state index in [4.69, 9.17) is 5.73 Å². The summed E-state index contributed by atoms with van der Waals surface area (Å²) >= 11 is 1.56. The van der Waals surface area contributed by atoms with Crippen LogP contribution in [0.4, 0.5) is 5.00 Å². The van der Waals surface area contributed by atoms with Crippen LogP contribution < -0.4 is 5.73 Å². The van der Waals surface area contributed by atoms with Crippen LogP contribution in [-0.4, -0.2) is 14.8 Å². The molecule has 0 aromatic carbocycles.